The maximum absolute atomic E-state index is 16.0. The van der Waals surface area contributed by atoms with E-state index in [1.165, 1.54) is 29.7 Å². The first-order valence-corrected chi connectivity index (χ1v) is 16.3. The molecule has 0 aliphatic carbocycles. The topological polar surface area (TPSA) is 114 Å². The molecule has 0 unspecified atom stereocenters. The largest absolute Gasteiger partial charge is 0.449 e. The van der Waals surface area contributed by atoms with Crippen LogP contribution in [0.1, 0.15) is 37.6 Å². The van der Waals surface area contributed by atoms with Gasteiger partial charge in [-0.3, -0.25) is 4.72 Å². The van der Waals surface area contributed by atoms with Crippen LogP contribution >= 0.6 is 22.9 Å². The van der Waals surface area contributed by atoms with Gasteiger partial charge in [-0.1, -0.05) is 19.9 Å². The number of likely N-dealkylation sites (tertiary alicyclic amines) is 1. The summed E-state index contributed by atoms with van der Waals surface area (Å²) in [6.45, 7) is 5.15. The molecule has 15 heteroatoms. The molecule has 1 fully saturated rings. The van der Waals surface area contributed by atoms with Gasteiger partial charge in [0, 0.05) is 30.8 Å². The molecule has 0 radical (unpaired) electrons. The van der Waals surface area contributed by atoms with E-state index < -0.39 is 38.1 Å². The highest BCUT2D eigenvalue weighted by molar-refractivity contribution is 7.92. The number of carbonyl (C=O) groups excluding carboxylic acids is 1. The average Bonchev–Trinajstić information content (AvgIpc) is 3.43. The van der Waals surface area contributed by atoms with Crippen molar-refractivity contribution in [2.45, 2.75) is 37.5 Å². The lowest BCUT2D eigenvalue weighted by atomic mass is 9.98. The van der Waals surface area contributed by atoms with Gasteiger partial charge in [-0.25, -0.2) is 41.3 Å². The first-order chi connectivity index (χ1) is 20.9. The van der Waals surface area contributed by atoms with Crippen molar-refractivity contribution in [1.29, 1.82) is 0 Å². The van der Waals surface area contributed by atoms with Gasteiger partial charge >= 0.3 is 6.09 Å². The Morgan fingerprint density at radius 3 is 2.59 bits per heavy atom. The number of amides is 1. The lowest BCUT2D eigenvalue weighted by Crippen LogP contribution is -2.38. The lowest BCUT2D eigenvalue weighted by Gasteiger charge is -2.30. The molecule has 1 aliphatic rings. The number of piperidine rings is 1. The van der Waals surface area contributed by atoms with Crippen LogP contribution in [0, 0.1) is 23.4 Å². The summed E-state index contributed by atoms with van der Waals surface area (Å²) in [7, 11) is -4.69. The lowest BCUT2D eigenvalue weighted by molar-refractivity contribution is 0.0834. The predicted molar refractivity (Wildman–Crippen MR) is 160 cm³/mol. The zero-order valence-electron chi connectivity index (χ0n) is 23.6. The zero-order chi connectivity index (χ0) is 31.6. The molecule has 0 atom stereocenters. The van der Waals surface area contributed by atoms with Crippen LogP contribution in [0.3, 0.4) is 0 Å². The monoisotopic (exact) mass is 665 g/mol. The molecule has 0 saturated carbocycles. The predicted octanol–water partition coefficient (Wildman–Crippen LogP) is 7.11. The molecule has 3 heterocycles. The molecular formula is C29H27ClF3N5O4S2. The van der Waals surface area contributed by atoms with Gasteiger partial charge in [0.2, 0.25) is 5.28 Å². The minimum atomic E-state index is -4.69. The van der Waals surface area contributed by atoms with Crippen molar-refractivity contribution in [3.05, 3.63) is 76.4 Å². The summed E-state index contributed by atoms with van der Waals surface area (Å²) in [5.74, 6) is -2.98. The number of sulfonamides is 1. The molecule has 2 aromatic heterocycles. The standard InChI is InChI=1S/C29H27ClF3N5O4S2/c1-16(2)15-42-29(39)38-12-9-17(10-13-38)27-36-25(26(43-27)22-8-11-34-28(30)35-22)19-4-3-5-21(24(19)33)37-44(40,41)23-14-18(31)6-7-20(23)32/h3-8,11,14,16-17,37H,9-10,12-13,15H2,1-2H3. The summed E-state index contributed by atoms with van der Waals surface area (Å²) in [5.41, 5.74) is 0.0344. The van der Waals surface area contributed by atoms with E-state index in [9.17, 15) is 22.0 Å². The minimum Gasteiger partial charge on any atom is -0.449 e. The quantitative estimate of drug-likeness (QED) is 0.200. The Bertz CT molecular complexity index is 1800. The second kappa shape index (κ2) is 13.1. The molecule has 2 aromatic carbocycles. The van der Waals surface area contributed by atoms with Gasteiger partial charge in [-0.2, -0.15) is 0 Å². The number of thiazole rings is 1. The van der Waals surface area contributed by atoms with Gasteiger partial charge in [0.1, 0.15) is 16.5 Å². The highest BCUT2D eigenvalue weighted by Gasteiger charge is 2.30. The maximum Gasteiger partial charge on any atom is 0.409 e. The summed E-state index contributed by atoms with van der Waals surface area (Å²) in [5, 5.41) is 0.642. The third-order valence-electron chi connectivity index (χ3n) is 6.83. The fraction of sp³-hybridized carbons (Fsp3) is 0.310. The third-order valence-corrected chi connectivity index (χ3v) is 9.63. The molecule has 232 valence electrons. The molecule has 1 amide bonds. The number of halogens is 4. The Morgan fingerprint density at radius 2 is 1.89 bits per heavy atom. The van der Waals surface area contributed by atoms with Crippen molar-refractivity contribution < 1.29 is 31.1 Å². The van der Waals surface area contributed by atoms with E-state index in [-0.39, 0.29) is 34.5 Å². The summed E-state index contributed by atoms with van der Waals surface area (Å²) in [6, 6.07) is 7.56. The number of nitrogens with one attached hydrogen (secondary N) is 1. The fourth-order valence-corrected chi connectivity index (χ4v) is 7.16. The number of benzene rings is 2. The Morgan fingerprint density at radius 1 is 1.14 bits per heavy atom. The van der Waals surface area contributed by atoms with Gasteiger partial charge in [0.15, 0.2) is 5.82 Å². The van der Waals surface area contributed by atoms with Crippen molar-refractivity contribution in [3.63, 3.8) is 0 Å². The Kier molecular flexibility index (Phi) is 9.42. The van der Waals surface area contributed by atoms with E-state index in [1.807, 2.05) is 18.6 Å². The summed E-state index contributed by atoms with van der Waals surface area (Å²) >= 11 is 7.34. The molecule has 1 N–H and O–H groups in total. The number of ether oxygens (including phenoxy) is 1. The van der Waals surface area contributed by atoms with Crippen molar-refractivity contribution in [1.82, 2.24) is 19.9 Å². The van der Waals surface area contributed by atoms with Crippen LogP contribution in [0.2, 0.25) is 5.28 Å². The summed E-state index contributed by atoms with van der Waals surface area (Å²) in [4.78, 5) is 26.5. The smallest absolute Gasteiger partial charge is 0.409 e. The summed E-state index contributed by atoms with van der Waals surface area (Å²) < 4.78 is 77.2. The van der Waals surface area contributed by atoms with Crippen LogP contribution < -0.4 is 4.72 Å². The number of nitrogens with zero attached hydrogens (tertiary/aromatic N) is 4. The van der Waals surface area contributed by atoms with Crippen molar-refractivity contribution in [2.75, 3.05) is 24.4 Å². The normalized spacial score (nSPS) is 14.2. The fourth-order valence-electron chi connectivity index (χ4n) is 4.64. The van der Waals surface area contributed by atoms with Gasteiger partial charge < -0.3 is 9.64 Å². The highest BCUT2D eigenvalue weighted by Crippen LogP contribution is 2.43. The average molecular weight is 666 g/mol. The van der Waals surface area contributed by atoms with E-state index in [0.29, 0.717) is 60.2 Å². The summed E-state index contributed by atoms with van der Waals surface area (Å²) in [6.07, 6.45) is 2.27. The van der Waals surface area contributed by atoms with E-state index in [4.69, 9.17) is 21.3 Å². The van der Waals surface area contributed by atoms with Crippen LogP contribution in [0.5, 0.6) is 0 Å². The molecule has 5 rings (SSSR count). The molecule has 4 aromatic rings. The van der Waals surface area contributed by atoms with Crippen molar-refractivity contribution >= 4 is 44.7 Å². The number of aromatic nitrogens is 3. The van der Waals surface area contributed by atoms with Gasteiger partial charge in [0.05, 0.1) is 33.6 Å². The number of hydrogen-bond acceptors (Lipinski definition) is 8. The van der Waals surface area contributed by atoms with E-state index in [2.05, 4.69) is 9.97 Å². The molecule has 9 nitrogen and oxygen atoms in total. The molecule has 0 bridgehead atoms. The van der Waals surface area contributed by atoms with Crippen LogP contribution in [0.4, 0.5) is 23.7 Å². The maximum atomic E-state index is 16.0. The van der Waals surface area contributed by atoms with Crippen LogP contribution in [-0.4, -0.2) is 54.1 Å². The van der Waals surface area contributed by atoms with Gasteiger partial charge in [-0.15, -0.1) is 11.3 Å². The van der Waals surface area contributed by atoms with Gasteiger partial charge in [-0.05, 0) is 66.8 Å². The molecule has 1 aliphatic heterocycles. The number of rotatable bonds is 8. The van der Waals surface area contributed by atoms with Crippen molar-refractivity contribution in [3.8, 4) is 21.8 Å². The SMILES string of the molecule is CC(C)COC(=O)N1CCC(c2nc(-c3cccc(NS(=O)(=O)c4cc(F)ccc4F)c3F)c(-c3ccnc(Cl)n3)s2)CC1. The Balaban J connectivity index is 1.48. The first kappa shape index (κ1) is 31.7. The van der Waals surface area contributed by atoms with Gasteiger partial charge in [0.25, 0.3) is 10.0 Å². The molecular weight excluding hydrogens is 639 g/mol. The number of anilines is 1. The van der Waals surface area contributed by atoms with E-state index >= 15 is 4.39 Å². The Labute approximate surface area is 261 Å². The zero-order valence-corrected chi connectivity index (χ0v) is 25.9. The molecule has 44 heavy (non-hydrogen) atoms. The second-order valence-electron chi connectivity index (χ2n) is 10.5. The second-order valence-corrected chi connectivity index (χ2v) is 13.5. The number of carbonyl (C=O) groups is 1. The van der Waals surface area contributed by atoms with Crippen LogP contribution in [-0.2, 0) is 14.8 Å². The van der Waals surface area contributed by atoms with Crippen molar-refractivity contribution in [2.24, 2.45) is 5.92 Å². The number of hydrogen-bond donors (Lipinski definition) is 1. The van der Waals surface area contributed by atoms with E-state index in [0.717, 1.165) is 12.1 Å². The van der Waals surface area contributed by atoms with Crippen LogP contribution in [0.15, 0.2) is 53.6 Å². The Hall–Kier alpha value is -3.75. The first-order valence-electron chi connectivity index (χ1n) is 13.6. The molecule has 0 spiro atoms. The highest BCUT2D eigenvalue weighted by atomic mass is 35.5. The minimum absolute atomic E-state index is 0.0317. The molecule has 1 saturated heterocycles. The van der Waals surface area contributed by atoms with E-state index in [1.54, 1.807) is 11.0 Å². The third kappa shape index (κ3) is 6.97. The van der Waals surface area contributed by atoms with Crippen LogP contribution in [0.25, 0.3) is 21.8 Å².